The maximum Gasteiger partial charge on any atom is 0.328 e. The highest BCUT2D eigenvalue weighted by molar-refractivity contribution is 6.01. The average Bonchev–Trinajstić information content (AvgIpc) is 4.02. The van der Waals surface area contributed by atoms with Gasteiger partial charge in [0.15, 0.2) is 6.04 Å². The van der Waals surface area contributed by atoms with Crippen LogP contribution in [-0.2, 0) is 49.6 Å². The number of hydrogen-bond donors (Lipinski definition) is 10. The van der Waals surface area contributed by atoms with Crippen molar-refractivity contribution >= 4 is 53.2 Å². The van der Waals surface area contributed by atoms with Crippen molar-refractivity contribution in [2.75, 3.05) is 19.7 Å². The second kappa shape index (κ2) is 29.3. The van der Waals surface area contributed by atoms with Crippen LogP contribution in [0.2, 0.25) is 0 Å². The van der Waals surface area contributed by atoms with Crippen molar-refractivity contribution in [3.05, 3.63) is 47.7 Å². The third-order valence-corrected chi connectivity index (χ3v) is 12.4. The topological polar surface area (TPSA) is 313 Å². The fourth-order valence-corrected chi connectivity index (χ4v) is 8.49. The number of carbonyl (C=O) groups is 9. The number of allylic oxidation sites excluding steroid dienone is 1. The van der Waals surface area contributed by atoms with Crippen molar-refractivity contribution in [3.8, 4) is 0 Å². The summed E-state index contributed by atoms with van der Waals surface area (Å²) < 4.78 is 0. The van der Waals surface area contributed by atoms with Crippen LogP contribution in [0.15, 0.2) is 42.1 Å². The Morgan fingerprint density at radius 1 is 0.729 bits per heavy atom. The van der Waals surface area contributed by atoms with E-state index in [9.17, 15) is 63.6 Å². The molecule has 10 N–H and O–H groups in total. The summed E-state index contributed by atoms with van der Waals surface area (Å²) in [6.07, 6.45) is 5.64. The number of carbonyl (C=O) groups excluding carboxylic acids is 8. The quantitative estimate of drug-likeness (QED) is 0.0400. The van der Waals surface area contributed by atoms with Crippen LogP contribution >= 0.6 is 0 Å². The van der Waals surface area contributed by atoms with Crippen molar-refractivity contribution in [3.63, 3.8) is 0 Å². The first-order valence-electron chi connectivity index (χ1n) is 24.6. The van der Waals surface area contributed by atoms with Crippen LogP contribution in [0, 0.1) is 5.92 Å². The van der Waals surface area contributed by atoms with Crippen LogP contribution in [0.1, 0.15) is 124 Å². The maximum atomic E-state index is 14.3. The average molecular weight is 985 g/mol. The Kier molecular flexibility index (Phi) is 24.4. The molecule has 2 aliphatic rings. The van der Waals surface area contributed by atoms with Gasteiger partial charge in [-0.1, -0.05) is 89.3 Å². The molecule has 2 saturated heterocycles. The van der Waals surface area contributed by atoms with Gasteiger partial charge in [-0.15, -0.1) is 0 Å². The molecular formula is C49H76N8O13. The zero-order chi connectivity index (χ0) is 52.1. The predicted molar refractivity (Wildman–Crippen MR) is 257 cm³/mol. The summed E-state index contributed by atoms with van der Waals surface area (Å²) in [5, 5.41) is 55.2. The van der Waals surface area contributed by atoms with Gasteiger partial charge in [0, 0.05) is 19.5 Å². The van der Waals surface area contributed by atoms with E-state index in [1.807, 2.05) is 13.8 Å². The van der Waals surface area contributed by atoms with Crippen LogP contribution in [0.3, 0.4) is 0 Å². The van der Waals surface area contributed by atoms with Gasteiger partial charge in [0.05, 0.1) is 25.2 Å². The summed E-state index contributed by atoms with van der Waals surface area (Å²) in [7, 11) is 0. The number of benzene rings is 1. The van der Waals surface area contributed by atoms with Gasteiger partial charge >= 0.3 is 5.97 Å². The zero-order valence-corrected chi connectivity index (χ0v) is 41.4. The summed E-state index contributed by atoms with van der Waals surface area (Å²) in [6, 6.07) is -0.334. The van der Waals surface area contributed by atoms with Crippen molar-refractivity contribution in [1.29, 1.82) is 0 Å². The first kappa shape index (κ1) is 58.4. The number of hydrogen-bond acceptors (Lipinski definition) is 12. The summed E-state index contributed by atoms with van der Waals surface area (Å²) in [5.74, 6) is -7.45. The minimum absolute atomic E-state index is 0.00503. The molecule has 8 amide bonds. The smallest absolute Gasteiger partial charge is 0.328 e. The van der Waals surface area contributed by atoms with Gasteiger partial charge in [0.1, 0.15) is 41.9 Å². The molecule has 0 spiro atoms. The van der Waals surface area contributed by atoms with Crippen LogP contribution in [0.25, 0.3) is 0 Å². The number of carboxylic acids is 1. The molecule has 2 aliphatic heterocycles. The largest absolute Gasteiger partial charge is 0.480 e. The Bertz CT molecular complexity index is 1980. The number of likely N-dealkylation sites (tertiary alicyclic amines) is 2. The number of rotatable bonds is 28. The summed E-state index contributed by atoms with van der Waals surface area (Å²) in [5.41, 5.74) is 0.590. The minimum atomic E-state index is -1.62. The fourth-order valence-electron chi connectivity index (χ4n) is 8.49. The molecule has 1 aromatic rings. The highest BCUT2D eigenvalue weighted by Crippen LogP contribution is 2.22. The molecule has 0 aliphatic carbocycles. The first-order valence-corrected chi connectivity index (χ1v) is 24.6. The zero-order valence-electron chi connectivity index (χ0n) is 41.4. The monoisotopic (exact) mass is 985 g/mol. The summed E-state index contributed by atoms with van der Waals surface area (Å²) in [4.78, 5) is 123. The van der Waals surface area contributed by atoms with Crippen LogP contribution in [0.5, 0.6) is 0 Å². The van der Waals surface area contributed by atoms with E-state index < -0.39 is 114 Å². The molecule has 390 valence electrons. The lowest BCUT2D eigenvalue weighted by Crippen LogP contribution is -2.60. The highest BCUT2D eigenvalue weighted by Gasteiger charge is 2.41. The molecule has 0 aromatic heterocycles. The van der Waals surface area contributed by atoms with E-state index in [-0.39, 0.29) is 56.8 Å². The molecule has 21 heteroatoms. The minimum Gasteiger partial charge on any atom is -0.480 e. The number of nitrogens with one attached hydrogen (secondary N) is 6. The number of nitrogens with zero attached hydrogens (tertiary/aromatic N) is 2. The van der Waals surface area contributed by atoms with Gasteiger partial charge in [0.2, 0.25) is 41.4 Å². The predicted octanol–water partition coefficient (Wildman–Crippen LogP) is 0.290. The van der Waals surface area contributed by atoms with Crippen LogP contribution in [0.4, 0.5) is 0 Å². The van der Waals surface area contributed by atoms with E-state index in [0.29, 0.717) is 24.8 Å². The van der Waals surface area contributed by atoms with E-state index in [4.69, 9.17) is 0 Å². The molecule has 1 unspecified atom stereocenters. The summed E-state index contributed by atoms with van der Waals surface area (Å²) in [6.45, 7) is 9.23. The number of amides is 8. The van der Waals surface area contributed by atoms with Crippen LogP contribution < -0.4 is 31.9 Å². The van der Waals surface area contributed by atoms with E-state index in [0.717, 1.165) is 32.1 Å². The Morgan fingerprint density at radius 2 is 1.31 bits per heavy atom. The number of aliphatic hydroxyl groups is 3. The fraction of sp³-hybridized carbons (Fsp3) is 0.653. The third-order valence-electron chi connectivity index (χ3n) is 12.4. The lowest BCUT2D eigenvalue weighted by Gasteiger charge is -2.31. The third kappa shape index (κ3) is 18.1. The normalized spacial score (nSPS) is 18.9. The van der Waals surface area contributed by atoms with Crippen LogP contribution in [-0.4, -0.2) is 158 Å². The molecule has 1 aromatic carbocycles. The number of unbranched alkanes of at least 4 members (excludes halogenated alkanes) is 4. The molecule has 3 rings (SSSR count). The van der Waals surface area contributed by atoms with Gasteiger partial charge in [-0.3, -0.25) is 38.4 Å². The number of aliphatic hydroxyl groups excluding tert-OH is 3. The number of carboxylic acid groups (broad SMARTS) is 1. The van der Waals surface area contributed by atoms with Crippen molar-refractivity contribution in [1.82, 2.24) is 41.7 Å². The molecule has 21 nitrogen and oxygen atoms in total. The molecule has 2 fully saturated rings. The molecule has 9 atom stereocenters. The van der Waals surface area contributed by atoms with Gasteiger partial charge in [-0.05, 0) is 70.8 Å². The molecular weight excluding hydrogens is 909 g/mol. The Labute approximate surface area is 410 Å². The lowest BCUT2D eigenvalue weighted by molar-refractivity contribution is -0.147. The standard InChI is InChI=1S/C49H76N8O13/c1-7-9-10-11-15-20-33(60)27-40(61)51-34(8-2)47(67)56-23-16-21-38(56)45(65)54-37(28-58)44(64)50-30(5)42(62)52-35(25-29(3)4)43(63)53-36(26-32-18-13-12-14-19-32)48(68)57-24-17-22-39(57)46(66)55-41(31(6)59)49(69)70/h8,12-14,18-19,29-31,33,35-39,41,58-60H,7,9-11,15-17,20-28H2,1-6H3,(H,50,64)(H,51,61)(H,52,62)(H,53,63)(H,54,65)(H,55,66)(H,69,70)/b34-8-/t30-,31+,33+,35-,36-,37+,38+,39-,41?/m0/s1. The van der Waals surface area contributed by atoms with E-state index >= 15 is 0 Å². The second-order valence-corrected chi connectivity index (χ2v) is 18.6. The van der Waals surface area contributed by atoms with Crippen molar-refractivity contribution in [2.45, 2.75) is 180 Å². The molecule has 70 heavy (non-hydrogen) atoms. The first-order chi connectivity index (χ1) is 33.2. The number of aliphatic carboxylic acids is 1. The second-order valence-electron chi connectivity index (χ2n) is 18.6. The van der Waals surface area contributed by atoms with Gasteiger partial charge in [0.25, 0.3) is 5.91 Å². The molecule has 0 saturated carbocycles. The molecule has 2 heterocycles. The van der Waals surface area contributed by atoms with Gasteiger partial charge < -0.3 is 62.1 Å². The summed E-state index contributed by atoms with van der Waals surface area (Å²) >= 11 is 0. The van der Waals surface area contributed by atoms with Gasteiger partial charge in [-0.25, -0.2) is 4.79 Å². The molecule has 0 bridgehead atoms. The van der Waals surface area contributed by atoms with E-state index in [1.54, 1.807) is 37.3 Å². The lowest BCUT2D eigenvalue weighted by atomic mass is 10.00. The van der Waals surface area contributed by atoms with Gasteiger partial charge in [-0.2, -0.15) is 0 Å². The van der Waals surface area contributed by atoms with E-state index in [2.05, 4.69) is 38.8 Å². The Balaban J connectivity index is 1.67. The van der Waals surface area contributed by atoms with E-state index in [1.165, 1.54) is 29.7 Å². The van der Waals surface area contributed by atoms with Crippen molar-refractivity contribution in [2.24, 2.45) is 5.92 Å². The Morgan fingerprint density at radius 3 is 1.90 bits per heavy atom. The molecule has 0 radical (unpaired) electrons. The maximum absolute atomic E-state index is 14.3. The highest BCUT2D eigenvalue weighted by atomic mass is 16.4. The SMILES string of the molecule is C/C=C(\NC(=O)C[C@H](O)CCCCCCC)C(=O)N1CCC[C@@H]1C(=O)N[C@H](CO)C(=O)N[C@@H](C)C(=O)N[C@@H](CC(C)C)C(=O)N[C@@H](Cc1ccccc1)C(=O)N1CCC[C@H]1C(=O)NC(C(=O)O)[C@@H](C)O. The van der Waals surface area contributed by atoms with Crippen molar-refractivity contribution < 1.29 is 63.6 Å². The Hall–Kier alpha value is -5.93.